The number of esters is 1. The lowest BCUT2D eigenvalue weighted by molar-refractivity contribution is -0.184. The second-order valence-corrected chi connectivity index (χ2v) is 10.8. The molecule has 7 heteroatoms. The second-order valence-electron chi connectivity index (χ2n) is 10.3. The van der Waals surface area contributed by atoms with Crippen molar-refractivity contribution in [2.24, 2.45) is 28.6 Å². The van der Waals surface area contributed by atoms with E-state index >= 15 is 0 Å². The van der Waals surface area contributed by atoms with Crippen LogP contribution in [0.4, 0.5) is 0 Å². The van der Waals surface area contributed by atoms with Gasteiger partial charge in [-0.1, -0.05) is 13.8 Å². The molecule has 0 heterocycles. The molecule has 2 N–H and O–H groups in total. The zero-order valence-corrected chi connectivity index (χ0v) is 18.6. The Hall–Kier alpha value is -1.24. The van der Waals surface area contributed by atoms with Crippen LogP contribution < -0.4 is 0 Å². The van der Waals surface area contributed by atoms with E-state index in [1.807, 2.05) is 6.92 Å². The zero-order chi connectivity index (χ0) is 22.1. The van der Waals surface area contributed by atoms with E-state index in [9.17, 15) is 24.6 Å². The first-order valence-corrected chi connectivity index (χ1v) is 11.3. The van der Waals surface area contributed by atoms with Gasteiger partial charge in [-0.15, -0.1) is 11.6 Å². The second kappa shape index (κ2) is 7.14. The fourth-order valence-electron chi connectivity index (χ4n) is 7.44. The van der Waals surface area contributed by atoms with Crippen molar-refractivity contribution < 1.29 is 29.3 Å². The predicted octanol–water partition coefficient (Wildman–Crippen LogP) is 2.57. The summed E-state index contributed by atoms with van der Waals surface area (Å²) in [7, 11) is 0. The molecule has 4 aliphatic rings. The number of hydrogen-bond donors (Lipinski definition) is 2. The normalized spacial score (nSPS) is 47.6. The van der Waals surface area contributed by atoms with Gasteiger partial charge in [-0.05, 0) is 66.9 Å². The number of rotatable bonds is 3. The molecule has 0 bridgehead atoms. The van der Waals surface area contributed by atoms with E-state index in [-0.39, 0.29) is 40.7 Å². The predicted molar refractivity (Wildman–Crippen MR) is 110 cm³/mol. The molecule has 0 aromatic rings. The minimum absolute atomic E-state index is 0.0226. The largest absolute Gasteiger partial charge is 0.458 e. The molecular weight excluding hydrogens is 408 g/mol. The fourth-order valence-corrected chi connectivity index (χ4v) is 7.96. The summed E-state index contributed by atoms with van der Waals surface area (Å²) in [6.07, 6.45) is 3.94. The van der Waals surface area contributed by atoms with Crippen molar-refractivity contribution in [2.75, 3.05) is 6.61 Å². The van der Waals surface area contributed by atoms with Crippen LogP contribution in [0.1, 0.15) is 59.3 Å². The van der Waals surface area contributed by atoms with Crippen molar-refractivity contribution in [3.05, 3.63) is 11.6 Å². The van der Waals surface area contributed by atoms with Crippen LogP contribution in [0, 0.1) is 28.6 Å². The summed E-state index contributed by atoms with van der Waals surface area (Å²) in [6, 6.07) is 0. The number of fused-ring (bicyclic) bond motifs is 5. The van der Waals surface area contributed by atoms with E-state index < -0.39 is 35.5 Å². The molecule has 0 aromatic heterocycles. The van der Waals surface area contributed by atoms with Crippen LogP contribution in [0.15, 0.2) is 11.6 Å². The highest BCUT2D eigenvalue weighted by Crippen LogP contribution is 2.68. The number of ether oxygens (including phenoxy) is 1. The monoisotopic (exact) mass is 438 g/mol. The number of aliphatic hydroxyl groups is 2. The van der Waals surface area contributed by atoms with Crippen LogP contribution in [0.3, 0.4) is 0 Å². The van der Waals surface area contributed by atoms with Crippen molar-refractivity contribution in [1.82, 2.24) is 0 Å². The summed E-state index contributed by atoms with van der Waals surface area (Å²) in [6.45, 7) is 4.77. The van der Waals surface area contributed by atoms with Gasteiger partial charge in [-0.3, -0.25) is 14.4 Å². The Labute approximate surface area is 182 Å². The van der Waals surface area contributed by atoms with Crippen LogP contribution in [0.5, 0.6) is 0 Å². The van der Waals surface area contributed by atoms with Crippen LogP contribution in [-0.4, -0.2) is 51.4 Å². The van der Waals surface area contributed by atoms with Crippen LogP contribution in [-0.2, 0) is 19.1 Å². The molecule has 0 unspecified atom stereocenters. The summed E-state index contributed by atoms with van der Waals surface area (Å²) in [5, 5.41) is 22.5. The number of aliphatic hydroxyl groups excluding tert-OH is 1. The highest BCUT2D eigenvalue weighted by atomic mass is 35.5. The number of halogens is 1. The Morgan fingerprint density at radius 2 is 2.00 bits per heavy atom. The maximum absolute atomic E-state index is 12.9. The third kappa shape index (κ3) is 2.94. The number of ketones is 2. The van der Waals surface area contributed by atoms with Gasteiger partial charge in [0.25, 0.3) is 0 Å². The number of hydrogen-bond acceptors (Lipinski definition) is 6. The topological polar surface area (TPSA) is 101 Å². The fraction of sp³-hybridized carbons (Fsp3) is 0.783. The van der Waals surface area contributed by atoms with Crippen LogP contribution >= 0.6 is 11.6 Å². The minimum atomic E-state index is -1.64. The van der Waals surface area contributed by atoms with Gasteiger partial charge in [0.05, 0.1) is 11.5 Å². The first-order valence-electron chi connectivity index (χ1n) is 10.9. The van der Waals surface area contributed by atoms with E-state index in [1.54, 1.807) is 6.08 Å². The van der Waals surface area contributed by atoms with Crippen LogP contribution in [0.25, 0.3) is 0 Å². The Morgan fingerprint density at radius 3 is 2.67 bits per heavy atom. The third-order valence-electron chi connectivity index (χ3n) is 8.89. The van der Waals surface area contributed by atoms with Gasteiger partial charge in [0.2, 0.25) is 5.78 Å². The van der Waals surface area contributed by atoms with Crippen molar-refractivity contribution in [2.45, 2.75) is 76.4 Å². The van der Waals surface area contributed by atoms with Gasteiger partial charge >= 0.3 is 5.97 Å². The van der Waals surface area contributed by atoms with E-state index in [1.165, 1.54) is 6.92 Å². The number of Topliss-reactive ketones (excluding diaryl/α,β-unsaturated/α-hetero) is 1. The maximum Gasteiger partial charge on any atom is 0.303 e. The molecule has 0 saturated heterocycles. The molecule has 4 rings (SSSR count). The van der Waals surface area contributed by atoms with Gasteiger partial charge in [0, 0.05) is 18.8 Å². The lowest BCUT2D eigenvalue weighted by atomic mass is 9.45. The lowest BCUT2D eigenvalue weighted by Gasteiger charge is -2.61. The molecule has 8 atom stereocenters. The molecule has 166 valence electrons. The zero-order valence-electron chi connectivity index (χ0n) is 17.8. The first kappa shape index (κ1) is 22.0. The minimum Gasteiger partial charge on any atom is -0.458 e. The SMILES string of the molecule is CC(=O)OCC(=O)[C@@]1(O)CC[C@H]2[C@@H]3C[C@H](Cl)C4=CC(=O)CC[C@]4(C)[C@H]3[C@@H](O)C[C@@]21C. The summed E-state index contributed by atoms with van der Waals surface area (Å²) in [4.78, 5) is 36.1. The van der Waals surface area contributed by atoms with Crippen molar-refractivity contribution in [1.29, 1.82) is 0 Å². The van der Waals surface area contributed by atoms with Crippen molar-refractivity contribution in [3.8, 4) is 0 Å². The maximum atomic E-state index is 12.9. The van der Waals surface area contributed by atoms with Crippen molar-refractivity contribution >= 4 is 29.1 Å². The number of alkyl halides is 1. The highest BCUT2D eigenvalue weighted by Gasteiger charge is 2.69. The molecule has 3 saturated carbocycles. The molecule has 0 radical (unpaired) electrons. The molecule has 3 fully saturated rings. The molecule has 30 heavy (non-hydrogen) atoms. The lowest BCUT2D eigenvalue weighted by Crippen LogP contribution is -2.63. The molecule has 0 spiro atoms. The Bertz CT molecular complexity index is 823. The van der Waals surface area contributed by atoms with E-state index in [2.05, 4.69) is 6.92 Å². The average Bonchev–Trinajstić information content (AvgIpc) is 2.93. The summed E-state index contributed by atoms with van der Waals surface area (Å²) < 4.78 is 4.88. The van der Waals surface area contributed by atoms with E-state index in [0.29, 0.717) is 32.1 Å². The van der Waals surface area contributed by atoms with Gasteiger partial charge in [0.1, 0.15) is 5.60 Å². The first-order chi connectivity index (χ1) is 13.9. The summed E-state index contributed by atoms with van der Waals surface area (Å²) in [5.41, 5.74) is -1.88. The standard InChI is InChI=1S/C23H31ClO6/c1-12(25)30-11-19(28)23(29)7-5-15-14-9-17(24)16-8-13(26)4-6-21(16,2)20(14)18(27)10-22(15,23)3/h8,14-15,17-18,20,27,29H,4-7,9-11H2,1-3H3/t14-,15-,17-,18-,20+,21-,22-,23-/m0/s1. The highest BCUT2D eigenvalue weighted by molar-refractivity contribution is 6.23. The molecular formula is C23H31ClO6. The molecule has 0 aromatic carbocycles. The van der Waals surface area contributed by atoms with Crippen LogP contribution in [0.2, 0.25) is 0 Å². The molecule has 0 amide bonds. The quantitative estimate of drug-likeness (QED) is 0.518. The molecule has 4 aliphatic carbocycles. The smallest absolute Gasteiger partial charge is 0.303 e. The Kier molecular flexibility index (Phi) is 5.23. The number of allylic oxidation sites excluding steroid dienone is 1. The van der Waals surface area contributed by atoms with Gasteiger partial charge in [0.15, 0.2) is 12.4 Å². The number of carbonyl (C=O) groups is 3. The number of carbonyl (C=O) groups excluding carboxylic acids is 3. The molecule has 6 nitrogen and oxygen atoms in total. The Morgan fingerprint density at radius 1 is 1.30 bits per heavy atom. The van der Waals surface area contributed by atoms with Crippen molar-refractivity contribution in [3.63, 3.8) is 0 Å². The summed E-state index contributed by atoms with van der Waals surface area (Å²) >= 11 is 6.78. The van der Waals surface area contributed by atoms with E-state index in [0.717, 1.165) is 5.57 Å². The summed E-state index contributed by atoms with van der Waals surface area (Å²) in [5.74, 6) is -0.959. The van der Waals surface area contributed by atoms with Gasteiger partial charge < -0.3 is 14.9 Å². The van der Waals surface area contributed by atoms with Gasteiger partial charge in [-0.25, -0.2) is 0 Å². The Balaban J connectivity index is 1.69. The average molecular weight is 439 g/mol. The molecule has 0 aliphatic heterocycles. The third-order valence-corrected chi connectivity index (χ3v) is 9.31. The van der Waals surface area contributed by atoms with Gasteiger partial charge in [-0.2, -0.15) is 0 Å². The van der Waals surface area contributed by atoms with E-state index in [4.69, 9.17) is 16.3 Å².